The summed E-state index contributed by atoms with van der Waals surface area (Å²) in [4.78, 5) is 15.0. The molecule has 0 radical (unpaired) electrons. The average Bonchev–Trinajstić information content (AvgIpc) is 3.10. The van der Waals surface area contributed by atoms with Gasteiger partial charge in [-0.15, -0.1) is 0 Å². The zero-order valence-electron chi connectivity index (χ0n) is 15.6. The van der Waals surface area contributed by atoms with Crippen LogP contribution >= 0.6 is 0 Å². The maximum absolute atomic E-state index is 12.5. The lowest BCUT2D eigenvalue weighted by molar-refractivity contribution is -0.205. The maximum Gasteiger partial charge on any atom is 0.310 e. The highest BCUT2D eigenvalue weighted by Gasteiger charge is 2.50. The summed E-state index contributed by atoms with van der Waals surface area (Å²) in [6, 6.07) is 11.0. The van der Waals surface area contributed by atoms with Gasteiger partial charge < -0.3 is 14.2 Å². The van der Waals surface area contributed by atoms with Gasteiger partial charge in [0.2, 0.25) is 0 Å². The van der Waals surface area contributed by atoms with Gasteiger partial charge >= 0.3 is 5.97 Å². The van der Waals surface area contributed by atoms with E-state index in [0.717, 1.165) is 38.8 Å². The van der Waals surface area contributed by atoms with Gasteiger partial charge in [-0.05, 0) is 31.2 Å². The second kappa shape index (κ2) is 7.67. The molecule has 0 aromatic heterocycles. The number of likely N-dealkylation sites (tertiary alicyclic amines) is 1. The Hall–Kier alpha value is -1.43. The molecular weight excluding hydrogens is 330 g/mol. The Morgan fingerprint density at radius 1 is 1.27 bits per heavy atom. The minimum absolute atomic E-state index is 0.0584. The van der Waals surface area contributed by atoms with E-state index in [1.54, 1.807) is 0 Å². The van der Waals surface area contributed by atoms with E-state index in [9.17, 15) is 4.79 Å². The van der Waals surface area contributed by atoms with Crippen LogP contribution in [0.1, 0.15) is 38.2 Å². The van der Waals surface area contributed by atoms with E-state index >= 15 is 0 Å². The molecule has 5 nitrogen and oxygen atoms in total. The standard InChI is InChI=1S/C21H29NO4/c1-2-24-20(23)18-12-17-13-21(25-10-11-26-21)9-8-19(17)22(15-18)14-16-6-4-3-5-7-16/h3-7,17-19H,2,8-15H2,1H3/t17-,18+,19-/m1/s1. The van der Waals surface area contributed by atoms with Crippen molar-refractivity contribution in [3.8, 4) is 0 Å². The van der Waals surface area contributed by atoms with Gasteiger partial charge in [-0.25, -0.2) is 0 Å². The van der Waals surface area contributed by atoms with E-state index in [1.165, 1.54) is 5.56 Å². The Labute approximate surface area is 155 Å². The topological polar surface area (TPSA) is 48.0 Å². The molecule has 2 saturated heterocycles. The van der Waals surface area contributed by atoms with E-state index in [2.05, 4.69) is 29.2 Å². The fourth-order valence-corrected chi connectivity index (χ4v) is 5.01. The number of carbonyl (C=O) groups is 1. The highest BCUT2D eigenvalue weighted by Crippen LogP contribution is 2.45. The summed E-state index contributed by atoms with van der Waals surface area (Å²) in [7, 11) is 0. The molecule has 1 aromatic rings. The lowest BCUT2D eigenvalue weighted by Crippen LogP contribution is -2.55. The summed E-state index contributed by atoms with van der Waals surface area (Å²) in [5.41, 5.74) is 1.30. The molecule has 1 spiro atoms. The summed E-state index contributed by atoms with van der Waals surface area (Å²) in [5, 5.41) is 0. The molecule has 3 fully saturated rings. The minimum atomic E-state index is -0.407. The number of ether oxygens (including phenoxy) is 3. The van der Waals surface area contributed by atoms with Gasteiger partial charge in [-0.1, -0.05) is 30.3 Å². The first kappa shape index (κ1) is 18.0. The molecule has 0 N–H and O–H groups in total. The van der Waals surface area contributed by atoms with E-state index in [0.29, 0.717) is 31.8 Å². The lowest BCUT2D eigenvalue weighted by Gasteiger charge is -2.50. The van der Waals surface area contributed by atoms with Crippen molar-refractivity contribution in [1.82, 2.24) is 4.90 Å². The van der Waals surface area contributed by atoms with Crippen molar-refractivity contribution in [2.75, 3.05) is 26.4 Å². The van der Waals surface area contributed by atoms with Gasteiger partial charge in [0.05, 0.1) is 25.7 Å². The maximum atomic E-state index is 12.5. The minimum Gasteiger partial charge on any atom is -0.466 e. The number of fused-ring (bicyclic) bond motifs is 1. The number of carbonyl (C=O) groups excluding carboxylic acids is 1. The van der Waals surface area contributed by atoms with Crippen LogP contribution in [-0.2, 0) is 25.5 Å². The molecular formula is C21H29NO4. The number of benzene rings is 1. The van der Waals surface area contributed by atoms with Gasteiger partial charge in [0.25, 0.3) is 0 Å². The molecule has 4 rings (SSSR count). The molecule has 1 aromatic carbocycles. The van der Waals surface area contributed by atoms with Crippen molar-refractivity contribution < 1.29 is 19.0 Å². The predicted molar refractivity (Wildman–Crippen MR) is 97.4 cm³/mol. The second-order valence-corrected chi connectivity index (χ2v) is 7.78. The van der Waals surface area contributed by atoms with Crippen molar-refractivity contribution in [3.05, 3.63) is 35.9 Å². The average molecular weight is 359 g/mol. The summed E-state index contributed by atoms with van der Waals surface area (Å²) < 4.78 is 17.3. The molecule has 0 bridgehead atoms. The van der Waals surface area contributed by atoms with Gasteiger partial charge in [-0.2, -0.15) is 0 Å². The number of hydrogen-bond acceptors (Lipinski definition) is 5. The number of nitrogens with zero attached hydrogens (tertiary/aromatic N) is 1. The largest absolute Gasteiger partial charge is 0.466 e. The molecule has 1 aliphatic carbocycles. The summed E-state index contributed by atoms with van der Waals surface area (Å²) in [5.74, 6) is -0.113. The second-order valence-electron chi connectivity index (χ2n) is 7.78. The fraction of sp³-hybridized carbons (Fsp3) is 0.667. The van der Waals surface area contributed by atoms with Crippen LogP contribution in [0, 0.1) is 11.8 Å². The van der Waals surface area contributed by atoms with Crippen molar-refractivity contribution in [3.63, 3.8) is 0 Å². The molecule has 0 amide bonds. The van der Waals surface area contributed by atoms with Crippen LogP contribution in [-0.4, -0.2) is 49.1 Å². The quantitative estimate of drug-likeness (QED) is 0.774. The summed E-state index contributed by atoms with van der Waals surface area (Å²) >= 11 is 0. The van der Waals surface area contributed by atoms with Crippen molar-refractivity contribution >= 4 is 5.97 Å². The first-order valence-electron chi connectivity index (χ1n) is 9.91. The molecule has 3 aliphatic rings. The third-order valence-corrected chi connectivity index (χ3v) is 6.11. The van der Waals surface area contributed by atoms with Crippen LogP contribution in [0.5, 0.6) is 0 Å². The lowest BCUT2D eigenvalue weighted by atomic mass is 9.72. The van der Waals surface area contributed by atoms with Crippen LogP contribution in [0.4, 0.5) is 0 Å². The molecule has 0 unspecified atom stereocenters. The first-order chi connectivity index (χ1) is 12.7. The van der Waals surface area contributed by atoms with Crippen molar-refractivity contribution in [2.45, 2.75) is 51.0 Å². The van der Waals surface area contributed by atoms with Crippen molar-refractivity contribution in [1.29, 1.82) is 0 Å². The molecule has 26 heavy (non-hydrogen) atoms. The van der Waals surface area contributed by atoms with Crippen LogP contribution in [0.15, 0.2) is 30.3 Å². The monoisotopic (exact) mass is 359 g/mol. The molecule has 142 valence electrons. The van der Waals surface area contributed by atoms with Crippen LogP contribution < -0.4 is 0 Å². The fourth-order valence-electron chi connectivity index (χ4n) is 5.01. The van der Waals surface area contributed by atoms with E-state index in [4.69, 9.17) is 14.2 Å². The molecule has 2 aliphatic heterocycles. The highest BCUT2D eigenvalue weighted by atomic mass is 16.7. The molecule has 3 atom stereocenters. The Bertz CT molecular complexity index is 614. The predicted octanol–water partition coefficient (Wildman–Crippen LogP) is 2.98. The van der Waals surface area contributed by atoms with E-state index in [1.807, 2.05) is 13.0 Å². The highest BCUT2D eigenvalue weighted by molar-refractivity contribution is 5.72. The third-order valence-electron chi connectivity index (χ3n) is 6.11. The zero-order chi connectivity index (χ0) is 18.0. The number of esters is 1. The van der Waals surface area contributed by atoms with Crippen LogP contribution in [0.25, 0.3) is 0 Å². The first-order valence-corrected chi connectivity index (χ1v) is 9.91. The van der Waals surface area contributed by atoms with Gasteiger partial charge in [0.15, 0.2) is 5.79 Å². The van der Waals surface area contributed by atoms with Gasteiger partial charge in [0.1, 0.15) is 0 Å². The Morgan fingerprint density at radius 3 is 2.77 bits per heavy atom. The normalized spacial score (nSPS) is 30.9. The SMILES string of the molecule is CCOC(=O)[C@H]1C[C@@H]2CC3(CC[C@H]2N(Cc2ccccc2)C1)OCCO3. The molecule has 1 saturated carbocycles. The summed E-state index contributed by atoms with van der Waals surface area (Å²) in [6.07, 6.45) is 3.78. The smallest absolute Gasteiger partial charge is 0.310 e. The Morgan fingerprint density at radius 2 is 2.04 bits per heavy atom. The van der Waals surface area contributed by atoms with Crippen molar-refractivity contribution in [2.24, 2.45) is 11.8 Å². The molecule has 5 heteroatoms. The van der Waals surface area contributed by atoms with Gasteiger partial charge in [-0.3, -0.25) is 9.69 Å². The van der Waals surface area contributed by atoms with E-state index in [-0.39, 0.29) is 11.9 Å². The van der Waals surface area contributed by atoms with Gasteiger partial charge in [0, 0.05) is 32.0 Å². The number of rotatable bonds is 4. The number of hydrogen-bond donors (Lipinski definition) is 0. The number of piperidine rings is 1. The third kappa shape index (κ3) is 3.66. The van der Waals surface area contributed by atoms with Crippen LogP contribution in [0.2, 0.25) is 0 Å². The Balaban J connectivity index is 1.53. The zero-order valence-corrected chi connectivity index (χ0v) is 15.6. The Kier molecular flexibility index (Phi) is 5.30. The van der Waals surface area contributed by atoms with E-state index < -0.39 is 5.79 Å². The van der Waals surface area contributed by atoms with Crippen LogP contribution in [0.3, 0.4) is 0 Å². The summed E-state index contributed by atoms with van der Waals surface area (Å²) in [6.45, 7) is 5.36. The molecule has 2 heterocycles.